The van der Waals surface area contributed by atoms with Crippen LogP contribution in [0.1, 0.15) is 25.0 Å². The molecule has 1 aliphatic rings. The lowest BCUT2D eigenvalue weighted by molar-refractivity contribution is -0.0434. The maximum Gasteiger partial charge on any atom is 0.246 e. The number of hydrogen-bond acceptors (Lipinski definition) is 6. The van der Waals surface area contributed by atoms with Gasteiger partial charge in [0.05, 0.1) is 14.2 Å². The van der Waals surface area contributed by atoms with E-state index >= 15 is 0 Å². The highest BCUT2D eigenvalue weighted by atomic mass is 16.7. The molecule has 98 valence electrons. The smallest absolute Gasteiger partial charge is 0.246 e. The zero-order valence-corrected chi connectivity index (χ0v) is 11.0. The van der Waals surface area contributed by atoms with Crippen LogP contribution >= 0.6 is 0 Å². The van der Waals surface area contributed by atoms with Crippen LogP contribution in [0.15, 0.2) is 0 Å². The molecule has 0 saturated heterocycles. The molecule has 0 aromatic heterocycles. The minimum absolute atomic E-state index is 0.152. The molecule has 0 spiro atoms. The van der Waals surface area contributed by atoms with Gasteiger partial charge in [-0.2, -0.15) is 10.5 Å². The largest absolute Gasteiger partial charge is 0.491 e. The van der Waals surface area contributed by atoms with Gasteiger partial charge in [0.2, 0.25) is 5.79 Å². The summed E-state index contributed by atoms with van der Waals surface area (Å²) in [7, 11) is 2.79. The number of fused-ring (bicyclic) bond motifs is 1. The average Bonchev–Trinajstić information content (AvgIpc) is 2.70. The first kappa shape index (κ1) is 12.8. The predicted molar refractivity (Wildman–Crippen MR) is 64.3 cm³/mol. The topological polar surface area (TPSA) is 84.5 Å². The lowest BCUT2D eigenvalue weighted by Gasteiger charge is -2.16. The second-order valence-corrected chi connectivity index (χ2v) is 4.30. The highest BCUT2D eigenvalue weighted by Crippen LogP contribution is 2.52. The summed E-state index contributed by atoms with van der Waals surface area (Å²) in [6.07, 6.45) is 0. The van der Waals surface area contributed by atoms with Crippen molar-refractivity contribution < 1.29 is 18.9 Å². The van der Waals surface area contributed by atoms with Crippen molar-refractivity contribution in [2.45, 2.75) is 19.6 Å². The van der Waals surface area contributed by atoms with Gasteiger partial charge in [0.15, 0.2) is 23.0 Å². The molecule has 0 atom stereocenters. The Morgan fingerprint density at radius 2 is 1.26 bits per heavy atom. The zero-order chi connectivity index (χ0) is 14.2. The predicted octanol–water partition coefficient (Wildman–Crippen LogP) is 1.95. The molecule has 0 unspecified atom stereocenters. The SMILES string of the molecule is COc1c(C#N)c2c(c(C#N)c1OC)OC(C)(C)O2. The van der Waals surface area contributed by atoms with Gasteiger partial charge in [-0.3, -0.25) is 0 Å². The van der Waals surface area contributed by atoms with E-state index in [1.54, 1.807) is 13.8 Å². The van der Waals surface area contributed by atoms with Gasteiger partial charge in [-0.05, 0) is 0 Å². The minimum atomic E-state index is -0.948. The van der Waals surface area contributed by atoms with Crippen molar-refractivity contribution in [2.75, 3.05) is 14.2 Å². The van der Waals surface area contributed by atoms with Crippen LogP contribution in [0.3, 0.4) is 0 Å². The van der Waals surface area contributed by atoms with Gasteiger partial charge in [0, 0.05) is 13.8 Å². The first-order valence-corrected chi connectivity index (χ1v) is 5.49. The van der Waals surface area contributed by atoms with Gasteiger partial charge in [-0.1, -0.05) is 0 Å². The van der Waals surface area contributed by atoms with E-state index in [9.17, 15) is 10.5 Å². The summed E-state index contributed by atoms with van der Waals surface area (Å²) in [5.41, 5.74) is 0.304. The van der Waals surface area contributed by atoms with Crippen molar-refractivity contribution in [3.05, 3.63) is 11.1 Å². The Bertz CT molecular complexity index is 570. The molecule has 1 heterocycles. The monoisotopic (exact) mass is 260 g/mol. The number of nitriles is 2. The van der Waals surface area contributed by atoms with Crippen molar-refractivity contribution in [3.8, 4) is 35.1 Å². The molecule has 0 aliphatic carbocycles. The van der Waals surface area contributed by atoms with E-state index in [4.69, 9.17) is 18.9 Å². The maximum absolute atomic E-state index is 9.26. The number of nitrogens with zero attached hydrogens (tertiary/aromatic N) is 2. The van der Waals surface area contributed by atoms with Gasteiger partial charge >= 0.3 is 0 Å². The second kappa shape index (κ2) is 4.25. The van der Waals surface area contributed by atoms with Gasteiger partial charge in [0.25, 0.3) is 0 Å². The molecule has 6 nitrogen and oxygen atoms in total. The third-order valence-electron chi connectivity index (χ3n) is 2.65. The lowest BCUT2D eigenvalue weighted by Crippen LogP contribution is -2.30. The zero-order valence-electron chi connectivity index (χ0n) is 11.0. The van der Waals surface area contributed by atoms with Crippen LogP contribution in [-0.2, 0) is 0 Å². The fourth-order valence-electron chi connectivity index (χ4n) is 1.96. The van der Waals surface area contributed by atoms with E-state index in [-0.39, 0.29) is 34.1 Å². The normalized spacial score (nSPS) is 14.4. The fraction of sp³-hybridized carbons (Fsp3) is 0.385. The van der Waals surface area contributed by atoms with Crippen LogP contribution in [0, 0.1) is 22.7 Å². The summed E-state index contributed by atoms with van der Waals surface area (Å²) in [6, 6.07) is 3.98. The Morgan fingerprint density at radius 1 is 0.895 bits per heavy atom. The van der Waals surface area contributed by atoms with Crippen LogP contribution < -0.4 is 18.9 Å². The molecule has 0 radical (unpaired) electrons. The van der Waals surface area contributed by atoms with Gasteiger partial charge < -0.3 is 18.9 Å². The Labute approximate surface area is 110 Å². The molecule has 19 heavy (non-hydrogen) atoms. The highest BCUT2D eigenvalue weighted by molar-refractivity contribution is 5.74. The highest BCUT2D eigenvalue weighted by Gasteiger charge is 2.40. The molecule has 2 rings (SSSR count). The van der Waals surface area contributed by atoms with Crippen LogP contribution in [0.25, 0.3) is 0 Å². The first-order valence-electron chi connectivity index (χ1n) is 5.49. The van der Waals surface area contributed by atoms with Crippen molar-refractivity contribution >= 4 is 0 Å². The summed E-state index contributed by atoms with van der Waals surface area (Å²) in [5, 5.41) is 18.5. The molecule has 0 amide bonds. The molecular formula is C13H12N2O4. The Hall–Kier alpha value is -2.60. The fourth-order valence-corrected chi connectivity index (χ4v) is 1.96. The Balaban J connectivity index is 2.85. The van der Waals surface area contributed by atoms with Crippen LogP contribution in [0.5, 0.6) is 23.0 Å². The molecule has 1 aliphatic heterocycles. The molecule has 0 saturated carbocycles. The van der Waals surface area contributed by atoms with Crippen molar-refractivity contribution in [1.82, 2.24) is 0 Å². The Morgan fingerprint density at radius 3 is 1.53 bits per heavy atom. The summed E-state index contributed by atoms with van der Waals surface area (Å²) >= 11 is 0. The molecule has 1 aromatic carbocycles. The number of methoxy groups -OCH3 is 2. The van der Waals surface area contributed by atoms with E-state index in [1.165, 1.54) is 14.2 Å². The third kappa shape index (κ3) is 1.78. The number of benzene rings is 1. The van der Waals surface area contributed by atoms with Crippen LogP contribution in [0.2, 0.25) is 0 Å². The summed E-state index contributed by atoms with van der Waals surface area (Å²) in [4.78, 5) is 0. The first-order chi connectivity index (χ1) is 8.99. The van der Waals surface area contributed by atoms with Gasteiger partial charge in [-0.15, -0.1) is 0 Å². The van der Waals surface area contributed by atoms with Crippen molar-refractivity contribution in [3.63, 3.8) is 0 Å². The quantitative estimate of drug-likeness (QED) is 0.808. The standard InChI is InChI=1S/C13H12N2O4/c1-13(2)18-11-7(5-14)9(16-3)10(17-4)8(6-15)12(11)19-13/h1-4H3. The van der Waals surface area contributed by atoms with Crippen LogP contribution in [0.4, 0.5) is 0 Å². The molecule has 0 bridgehead atoms. The van der Waals surface area contributed by atoms with E-state index in [1.807, 2.05) is 12.1 Å². The maximum atomic E-state index is 9.26. The van der Waals surface area contributed by atoms with E-state index in [0.29, 0.717) is 0 Å². The molecule has 0 N–H and O–H groups in total. The average molecular weight is 260 g/mol. The van der Waals surface area contributed by atoms with Gasteiger partial charge in [-0.25, -0.2) is 0 Å². The molecular weight excluding hydrogens is 248 g/mol. The number of hydrogen-bond donors (Lipinski definition) is 0. The summed E-state index contributed by atoms with van der Waals surface area (Å²) in [5.74, 6) is -0.191. The number of rotatable bonds is 2. The minimum Gasteiger partial charge on any atom is -0.491 e. The van der Waals surface area contributed by atoms with Crippen molar-refractivity contribution in [1.29, 1.82) is 10.5 Å². The van der Waals surface area contributed by atoms with Crippen LogP contribution in [-0.4, -0.2) is 20.0 Å². The van der Waals surface area contributed by atoms with Crippen molar-refractivity contribution in [2.24, 2.45) is 0 Å². The van der Waals surface area contributed by atoms with Gasteiger partial charge in [0.1, 0.15) is 23.3 Å². The third-order valence-corrected chi connectivity index (χ3v) is 2.65. The number of ether oxygens (including phenoxy) is 4. The molecule has 1 aromatic rings. The second-order valence-electron chi connectivity index (χ2n) is 4.30. The Kier molecular flexibility index (Phi) is 2.88. The molecule has 0 fully saturated rings. The summed E-state index contributed by atoms with van der Waals surface area (Å²) in [6.45, 7) is 3.38. The van der Waals surface area contributed by atoms with E-state index in [2.05, 4.69) is 0 Å². The molecule has 6 heteroatoms. The summed E-state index contributed by atoms with van der Waals surface area (Å²) < 4.78 is 21.5. The van der Waals surface area contributed by atoms with E-state index < -0.39 is 5.79 Å². The van der Waals surface area contributed by atoms with E-state index in [0.717, 1.165) is 0 Å². The lowest BCUT2D eigenvalue weighted by atomic mass is 10.1.